The molecule has 108 valence electrons. The number of nitrogens with two attached hydrogens (primary N) is 1. The van der Waals surface area contributed by atoms with Crippen molar-refractivity contribution in [2.75, 3.05) is 0 Å². The maximum atomic E-state index is 12.3. The third kappa shape index (κ3) is 4.60. The first-order valence-electron chi connectivity index (χ1n) is 6.58. The summed E-state index contributed by atoms with van der Waals surface area (Å²) in [5, 5.41) is 0. The molecule has 0 aliphatic heterocycles. The van der Waals surface area contributed by atoms with E-state index in [0.717, 1.165) is 17.5 Å². The highest BCUT2D eigenvalue weighted by Crippen LogP contribution is 2.17. The van der Waals surface area contributed by atoms with Gasteiger partial charge in [0.2, 0.25) is 10.0 Å². The van der Waals surface area contributed by atoms with Crippen molar-refractivity contribution in [3.63, 3.8) is 0 Å². The smallest absolute Gasteiger partial charge is 0.241 e. The zero-order chi connectivity index (χ0) is 14.6. The van der Waals surface area contributed by atoms with Gasteiger partial charge in [0.05, 0.1) is 4.90 Å². The predicted molar refractivity (Wildman–Crippen MR) is 78.3 cm³/mol. The predicted octanol–water partition coefficient (Wildman–Crippen LogP) is 2.17. The molecule has 1 aromatic carbocycles. The number of benzene rings is 1. The summed E-state index contributed by atoms with van der Waals surface area (Å²) in [5.74, 6) is 0.457. The Balaban J connectivity index is 2.94. The van der Waals surface area contributed by atoms with E-state index in [-0.39, 0.29) is 6.04 Å². The van der Waals surface area contributed by atoms with Crippen molar-refractivity contribution in [2.24, 2.45) is 11.7 Å². The van der Waals surface area contributed by atoms with E-state index in [1.807, 2.05) is 13.0 Å². The molecule has 0 aromatic heterocycles. The van der Waals surface area contributed by atoms with Crippen LogP contribution in [0.3, 0.4) is 0 Å². The van der Waals surface area contributed by atoms with Crippen LogP contribution in [0.1, 0.15) is 38.3 Å². The van der Waals surface area contributed by atoms with E-state index < -0.39 is 10.0 Å². The number of hydrogen-bond acceptors (Lipinski definition) is 3. The Labute approximate surface area is 116 Å². The second-order valence-corrected chi connectivity index (χ2v) is 7.14. The minimum atomic E-state index is -3.45. The first kappa shape index (κ1) is 16.1. The summed E-state index contributed by atoms with van der Waals surface area (Å²) >= 11 is 0. The Bertz CT molecular complexity index is 524. The van der Waals surface area contributed by atoms with Gasteiger partial charge < -0.3 is 5.73 Å². The molecule has 0 bridgehead atoms. The minimum absolute atomic E-state index is 0.0708. The fraction of sp³-hybridized carbons (Fsp3) is 0.571. The van der Waals surface area contributed by atoms with Gasteiger partial charge in [-0.1, -0.05) is 26.0 Å². The standard InChI is InChI=1S/C14H24N2O2S/c1-10(2)7-12(4)16-19(17,18)14-6-5-13(9-15)8-11(14)3/h5-6,8,10,12,16H,7,9,15H2,1-4H3. The van der Waals surface area contributed by atoms with Gasteiger partial charge in [-0.3, -0.25) is 0 Å². The van der Waals surface area contributed by atoms with E-state index in [2.05, 4.69) is 18.6 Å². The second kappa shape index (κ2) is 6.50. The molecule has 1 aromatic rings. The fourth-order valence-corrected chi connectivity index (χ4v) is 3.71. The first-order valence-corrected chi connectivity index (χ1v) is 8.06. The molecule has 0 saturated heterocycles. The van der Waals surface area contributed by atoms with Gasteiger partial charge in [0.1, 0.15) is 0 Å². The topological polar surface area (TPSA) is 72.2 Å². The highest BCUT2D eigenvalue weighted by molar-refractivity contribution is 7.89. The third-order valence-corrected chi connectivity index (χ3v) is 4.70. The van der Waals surface area contributed by atoms with Gasteiger partial charge in [-0.15, -0.1) is 0 Å². The molecule has 0 heterocycles. The van der Waals surface area contributed by atoms with Gasteiger partial charge in [-0.2, -0.15) is 0 Å². The molecule has 0 fully saturated rings. The maximum Gasteiger partial charge on any atom is 0.241 e. The van der Waals surface area contributed by atoms with Crippen LogP contribution in [0.15, 0.2) is 23.1 Å². The molecule has 0 spiro atoms. The lowest BCUT2D eigenvalue weighted by Gasteiger charge is -2.17. The summed E-state index contributed by atoms with van der Waals surface area (Å²) in [6.45, 7) is 8.25. The van der Waals surface area contributed by atoms with Gasteiger partial charge >= 0.3 is 0 Å². The SMILES string of the molecule is Cc1cc(CN)ccc1S(=O)(=O)NC(C)CC(C)C. The molecule has 1 atom stereocenters. The number of aryl methyl sites for hydroxylation is 1. The average Bonchev–Trinajstić information content (AvgIpc) is 2.26. The van der Waals surface area contributed by atoms with Crippen molar-refractivity contribution in [3.8, 4) is 0 Å². The van der Waals surface area contributed by atoms with Gasteiger partial charge in [0, 0.05) is 12.6 Å². The van der Waals surface area contributed by atoms with Crippen LogP contribution in [0, 0.1) is 12.8 Å². The second-order valence-electron chi connectivity index (χ2n) is 5.46. The molecule has 5 heteroatoms. The van der Waals surface area contributed by atoms with E-state index in [1.54, 1.807) is 19.1 Å². The van der Waals surface area contributed by atoms with Crippen molar-refractivity contribution < 1.29 is 8.42 Å². The highest BCUT2D eigenvalue weighted by Gasteiger charge is 2.19. The maximum absolute atomic E-state index is 12.3. The molecule has 4 nitrogen and oxygen atoms in total. The van der Waals surface area contributed by atoms with Crippen LogP contribution in [0.5, 0.6) is 0 Å². The summed E-state index contributed by atoms with van der Waals surface area (Å²) in [6.07, 6.45) is 0.819. The lowest BCUT2D eigenvalue weighted by atomic mass is 10.1. The van der Waals surface area contributed by atoms with Crippen molar-refractivity contribution in [3.05, 3.63) is 29.3 Å². The summed E-state index contributed by atoms with van der Waals surface area (Å²) in [5.41, 5.74) is 7.21. The lowest BCUT2D eigenvalue weighted by molar-refractivity contribution is 0.482. The van der Waals surface area contributed by atoms with Gasteiger partial charge in [0.15, 0.2) is 0 Å². The van der Waals surface area contributed by atoms with Crippen molar-refractivity contribution in [1.82, 2.24) is 4.72 Å². The highest BCUT2D eigenvalue weighted by atomic mass is 32.2. The molecule has 19 heavy (non-hydrogen) atoms. The molecule has 0 amide bonds. The number of rotatable bonds is 6. The van der Waals surface area contributed by atoms with E-state index in [0.29, 0.717) is 17.4 Å². The van der Waals surface area contributed by atoms with E-state index in [1.165, 1.54) is 0 Å². The van der Waals surface area contributed by atoms with Crippen LogP contribution in [0.25, 0.3) is 0 Å². The zero-order valence-electron chi connectivity index (χ0n) is 12.1. The Hall–Kier alpha value is -0.910. The third-order valence-electron chi connectivity index (χ3n) is 2.95. The summed E-state index contributed by atoms with van der Waals surface area (Å²) < 4.78 is 27.3. The average molecular weight is 284 g/mol. The van der Waals surface area contributed by atoms with E-state index in [9.17, 15) is 8.42 Å². The number of hydrogen-bond donors (Lipinski definition) is 2. The molecular weight excluding hydrogens is 260 g/mol. The van der Waals surface area contributed by atoms with Crippen LogP contribution in [0.2, 0.25) is 0 Å². The summed E-state index contributed by atoms with van der Waals surface area (Å²) in [6, 6.07) is 5.14. The molecular formula is C14H24N2O2S. The lowest BCUT2D eigenvalue weighted by Crippen LogP contribution is -2.33. The van der Waals surface area contributed by atoms with Crippen molar-refractivity contribution in [1.29, 1.82) is 0 Å². The van der Waals surface area contributed by atoms with Crippen molar-refractivity contribution in [2.45, 2.75) is 51.6 Å². The van der Waals surface area contributed by atoms with Gasteiger partial charge in [-0.05, 0) is 43.4 Å². The Morgan fingerprint density at radius 1 is 1.26 bits per heavy atom. The number of sulfonamides is 1. The monoisotopic (exact) mass is 284 g/mol. The fourth-order valence-electron chi connectivity index (χ4n) is 2.22. The van der Waals surface area contributed by atoms with Crippen LogP contribution in [-0.4, -0.2) is 14.5 Å². The Kier molecular flexibility index (Phi) is 5.52. The van der Waals surface area contributed by atoms with Crippen LogP contribution in [-0.2, 0) is 16.6 Å². The molecule has 0 aliphatic carbocycles. The largest absolute Gasteiger partial charge is 0.326 e. The van der Waals surface area contributed by atoms with Crippen LogP contribution < -0.4 is 10.5 Å². The first-order chi connectivity index (χ1) is 8.76. The number of nitrogens with one attached hydrogen (secondary N) is 1. The molecule has 1 rings (SSSR count). The van der Waals surface area contributed by atoms with Gasteiger partial charge in [-0.25, -0.2) is 13.1 Å². The summed E-state index contributed by atoms with van der Waals surface area (Å²) in [7, 11) is -3.45. The van der Waals surface area contributed by atoms with Crippen LogP contribution in [0.4, 0.5) is 0 Å². The van der Waals surface area contributed by atoms with Crippen LogP contribution >= 0.6 is 0 Å². The van der Waals surface area contributed by atoms with Crippen molar-refractivity contribution >= 4 is 10.0 Å². The molecule has 1 unspecified atom stereocenters. The molecule has 3 N–H and O–H groups in total. The quantitative estimate of drug-likeness (QED) is 0.841. The summed E-state index contributed by atoms with van der Waals surface area (Å²) in [4.78, 5) is 0.334. The minimum Gasteiger partial charge on any atom is -0.326 e. The zero-order valence-corrected chi connectivity index (χ0v) is 12.9. The molecule has 0 aliphatic rings. The molecule has 0 radical (unpaired) electrons. The van der Waals surface area contributed by atoms with E-state index >= 15 is 0 Å². The normalized spacial score (nSPS) is 13.8. The molecule has 0 saturated carbocycles. The van der Waals surface area contributed by atoms with Gasteiger partial charge in [0.25, 0.3) is 0 Å². The van der Waals surface area contributed by atoms with E-state index in [4.69, 9.17) is 5.73 Å². The Morgan fingerprint density at radius 2 is 1.89 bits per heavy atom. The Morgan fingerprint density at radius 3 is 2.37 bits per heavy atom.